The Morgan fingerprint density at radius 2 is 1.66 bits per heavy atom. The normalized spacial score (nSPS) is 16.9. The van der Waals surface area contributed by atoms with Gasteiger partial charge < -0.3 is 20.1 Å². The molecule has 0 radical (unpaired) electrons. The quantitative estimate of drug-likeness (QED) is 0.577. The van der Waals surface area contributed by atoms with Crippen LogP contribution in [-0.2, 0) is 14.3 Å². The van der Waals surface area contributed by atoms with Crippen molar-refractivity contribution in [1.29, 1.82) is 0 Å². The van der Waals surface area contributed by atoms with E-state index in [2.05, 4.69) is 24.0 Å². The van der Waals surface area contributed by atoms with Gasteiger partial charge in [-0.1, -0.05) is 75.4 Å². The lowest BCUT2D eigenvalue weighted by atomic mass is 9.75. The molecule has 35 heavy (non-hydrogen) atoms. The number of carbonyl (C=O) groups is 3. The van der Waals surface area contributed by atoms with E-state index in [1.807, 2.05) is 57.2 Å². The van der Waals surface area contributed by atoms with Crippen molar-refractivity contribution < 1.29 is 24.2 Å². The first-order valence-corrected chi connectivity index (χ1v) is 11.8. The molecule has 4 rings (SSSR count). The monoisotopic (exact) mass is 476 g/mol. The molecule has 0 bridgehead atoms. The Morgan fingerprint density at radius 3 is 2.14 bits per heavy atom. The smallest absolute Gasteiger partial charge is 0.407 e. The number of nitrogens with zero attached hydrogens (tertiary/aromatic N) is 1. The SMILES string of the molecule is C=CCC1(C(=O)O)CN(C(=O)C(NC(=O)OCC2c3ccccc3-c3ccccc32)C(C)(C)C)C1. The number of likely N-dealkylation sites (tertiary alicyclic amines) is 1. The van der Waals surface area contributed by atoms with Gasteiger partial charge in [-0.15, -0.1) is 6.58 Å². The number of hydrogen-bond acceptors (Lipinski definition) is 4. The minimum absolute atomic E-state index is 0.0811. The van der Waals surface area contributed by atoms with Gasteiger partial charge in [-0.3, -0.25) is 9.59 Å². The molecule has 2 aromatic rings. The molecule has 2 aromatic carbocycles. The number of alkyl carbamates (subject to hydrolysis) is 1. The third-order valence-corrected chi connectivity index (χ3v) is 7.01. The van der Waals surface area contributed by atoms with Crippen molar-refractivity contribution in [2.75, 3.05) is 19.7 Å². The number of fused-ring (bicyclic) bond motifs is 3. The van der Waals surface area contributed by atoms with Crippen LogP contribution in [0.4, 0.5) is 4.79 Å². The number of rotatable bonds is 7. The van der Waals surface area contributed by atoms with Gasteiger partial charge in [-0.25, -0.2) is 4.79 Å². The zero-order valence-electron chi connectivity index (χ0n) is 20.4. The predicted molar refractivity (Wildman–Crippen MR) is 133 cm³/mol. The summed E-state index contributed by atoms with van der Waals surface area (Å²) in [6.07, 6.45) is 1.18. The largest absolute Gasteiger partial charge is 0.481 e. The lowest BCUT2D eigenvalue weighted by Gasteiger charge is -2.49. The van der Waals surface area contributed by atoms with Crippen LogP contribution in [0.1, 0.15) is 44.2 Å². The third kappa shape index (κ3) is 4.55. The summed E-state index contributed by atoms with van der Waals surface area (Å²) < 4.78 is 5.64. The first kappa shape index (κ1) is 24.5. The molecule has 2 aliphatic rings. The third-order valence-electron chi connectivity index (χ3n) is 7.01. The first-order chi connectivity index (χ1) is 16.6. The van der Waals surface area contributed by atoms with Gasteiger partial charge >= 0.3 is 12.1 Å². The zero-order chi connectivity index (χ0) is 25.4. The highest BCUT2D eigenvalue weighted by Gasteiger charge is 2.52. The summed E-state index contributed by atoms with van der Waals surface area (Å²) in [6, 6.07) is 15.3. The van der Waals surface area contributed by atoms with Gasteiger partial charge in [0, 0.05) is 19.0 Å². The van der Waals surface area contributed by atoms with E-state index in [1.54, 1.807) is 6.08 Å². The zero-order valence-corrected chi connectivity index (χ0v) is 20.4. The number of aliphatic carboxylic acids is 1. The second-order valence-electron chi connectivity index (χ2n) is 10.5. The number of nitrogens with one attached hydrogen (secondary N) is 1. The fourth-order valence-corrected chi connectivity index (χ4v) is 5.06. The Hall–Kier alpha value is -3.61. The molecule has 2 amide bonds. The number of carboxylic acid groups (broad SMARTS) is 1. The highest BCUT2D eigenvalue weighted by Crippen LogP contribution is 2.44. The molecule has 1 aliphatic carbocycles. The van der Waals surface area contributed by atoms with Crippen molar-refractivity contribution in [3.8, 4) is 11.1 Å². The van der Waals surface area contributed by atoms with Crippen molar-refractivity contribution in [2.45, 2.75) is 39.2 Å². The van der Waals surface area contributed by atoms with E-state index in [0.717, 1.165) is 22.3 Å². The molecule has 1 heterocycles. The molecule has 0 aromatic heterocycles. The highest BCUT2D eigenvalue weighted by molar-refractivity contribution is 5.89. The number of allylic oxidation sites excluding steroid dienone is 1. The van der Waals surface area contributed by atoms with E-state index in [9.17, 15) is 19.5 Å². The summed E-state index contributed by atoms with van der Waals surface area (Å²) in [6.45, 7) is 9.53. The Morgan fingerprint density at radius 1 is 1.11 bits per heavy atom. The van der Waals surface area contributed by atoms with E-state index >= 15 is 0 Å². The molecule has 0 spiro atoms. The van der Waals surface area contributed by atoms with E-state index in [4.69, 9.17) is 4.74 Å². The molecule has 184 valence electrons. The summed E-state index contributed by atoms with van der Waals surface area (Å²) in [5.74, 6) is -1.34. The van der Waals surface area contributed by atoms with Crippen LogP contribution in [0.3, 0.4) is 0 Å². The number of ether oxygens (including phenoxy) is 1. The van der Waals surface area contributed by atoms with Crippen molar-refractivity contribution in [3.05, 3.63) is 72.3 Å². The average Bonchev–Trinajstić information content (AvgIpc) is 3.10. The van der Waals surface area contributed by atoms with Crippen molar-refractivity contribution in [1.82, 2.24) is 10.2 Å². The molecule has 1 aliphatic heterocycles. The molecule has 7 nitrogen and oxygen atoms in total. The minimum atomic E-state index is -1.01. The number of hydrogen-bond donors (Lipinski definition) is 2. The maximum atomic E-state index is 13.2. The van der Waals surface area contributed by atoms with E-state index in [1.165, 1.54) is 4.90 Å². The Labute approximate surface area is 205 Å². The minimum Gasteiger partial charge on any atom is -0.481 e. The van der Waals surface area contributed by atoms with E-state index in [-0.39, 0.29) is 37.9 Å². The van der Waals surface area contributed by atoms with Gasteiger partial charge in [0.2, 0.25) is 5.91 Å². The van der Waals surface area contributed by atoms with Crippen molar-refractivity contribution in [2.24, 2.45) is 10.8 Å². The number of amides is 2. The van der Waals surface area contributed by atoms with Gasteiger partial charge in [0.15, 0.2) is 0 Å². The Kier molecular flexibility index (Phi) is 6.45. The van der Waals surface area contributed by atoms with Crippen molar-refractivity contribution >= 4 is 18.0 Å². The standard InChI is InChI=1S/C28H32N2O5/c1-5-14-28(25(32)33)16-30(17-28)24(31)23(27(2,3)4)29-26(34)35-15-22-20-12-8-6-10-18(20)19-11-7-9-13-21(19)22/h5-13,22-23H,1,14-17H2,2-4H3,(H,29,34)(H,32,33). The molecular weight excluding hydrogens is 444 g/mol. The Bertz CT molecular complexity index is 1110. The molecule has 2 N–H and O–H groups in total. The van der Waals surface area contributed by atoms with Crippen LogP contribution in [0.25, 0.3) is 11.1 Å². The summed E-state index contributed by atoms with van der Waals surface area (Å²) in [4.78, 5) is 39.3. The van der Waals surface area contributed by atoms with Gasteiger partial charge in [0.25, 0.3) is 0 Å². The first-order valence-electron chi connectivity index (χ1n) is 11.8. The van der Waals surface area contributed by atoms with Gasteiger partial charge in [0.1, 0.15) is 18.1 Å². The average molecular weight is 477 g/mol. The molecule has 1 saturated heterocycles. The lowest BCUT2D eigenvalue weighted by Crippen LogP contribution is -2.66. The summed E-state index contributed by atoms with van der Waals surface area (Å²) in [7, 11) is 0. The van der Waals surface area contributed by atoms with Crippen molar-refractivity contribution in [3.63, 3.8) is 0 Å². The van der Waals surface area contributed by atoms with Crippen LogP contribution in [0.15, 0.2) is 61.2 Å². The van der Waals surface area contributed by atoms with Gasteiger partial charge in [0.05, 0.1) is 0 Å². The van der Waals surface area contributed by atoms with E-state index < -0.39 is 28.9 Å². The van der Waals surface area contributed by atoms with Crippen LogP contribution in [0.5, 0.6) is 0 Å². The summed E-state index contributed by atoms with van der Waals surface area (Å²) in [5, 5.41) is 12.3. The second kappa shape index (κ2) is 9.21. The number of benzene rings is 2. The van der Waals surface area contributed by atoms with Crippen LogP contribution in [0.2, 0.25) is 0 Å². The van der Waals surface area contributed by atoms with Crippen LogP contribution in [0, 0.1) is 10.8 Å². The molecule has 1 unspecified atom stereocenters. The summed E-state index contributed by atoms with van der Waals surface area (Å²) in [5.41, 5.74) is 2.89. The Balaban J connectivity index is 1.43. The molecule has 1 fully saturated rings. The fraction of sp³-hybridized carbons (Fsp3) is 0.393. The number of carboxylic acids is 1. The lowest BCUT2D eigenvalue weighted by molar-refractivity contribution is -0.167. The maximum Gasteiger partial charge on any atom is 0.407 e. The maximum absolute atomic E-state index is 13.2. The molecule has 1 atom stereocenters. The number of carbonyl (C=O) groups excluding carboxylic acids is 2. The van der Waals surface area contributed by atoms with E-state index in [0.29, 0.717) is 0 Å². The fourth-order valence-electron chi connectivity index (χ4n) is 5.06. The topological polar surface area (TPSA) is 95.9 Å². The van der Waals surface area contributed by atoms with Gasteiger partial charge in [-0.2, -0.15) is 0 Å². The van der Waals surface area contributed by atoms with Crippen LogP contribution < -0.4 is 5.32 Å². The predicted octanol–water partition coefficient (Wildman–Crippen LogP) is 4.43. The van der Waals surface area contributed by atoms with Gasteiger partial charge in [-0.05, 0) is 34.1 Å². The molecular formula is C28H32N2O5. The molecule has 7 heteroatoms. The van der Waals surface area contributed by atoms with Crippen LogP contribution in [-0.4, -0.2) is 53.7 Å². The summed E-state index contributed by atoms with van der Waals surface area (Å²) >= 11 is 0. The second-order valence-corrected chi connectivity index (χ2v) is 10.5. The molecule has 0 saturated carbocycles. The van der Waals surface area contributed by atoms with Crippen LogP contribution >= 0.6 is 0 Å². The highest BCUT2D eigenvalue weighted by atomic mass is 16.5.